The first-order chi connectivity index (χ1) is 8.32. The zero-order valence-corrected chi connectivity index (χ0v) is 11.8. The molecule has 2 heterocycles. The van der Waals surface area contributed by atoms with Crippen LogP contribution >= 0.6 is 0 Å². The molecule has 3 heteroatoms. The molecule has 0 saturated carbocycles. The second kappa shape index (κ2) is 3.28. The van der Waals surface area contributed by atoms with E-state index in [1.165, 1.54) is 5.56 Å². The standard InChI is InChI=1S/C15H22N2O/c1-13(2,3)12(15-14(4,16-15)17-15)10-6-8-11(18-5)9-7-10/h6-9,12,16-17H,1-5H3. The van der Waals surface area contributed by atoms with E-state index in [0.29, 0.717) is 5.92 Å². The summed E-state index contributed by atoms with van der Waals surface area (Å²) in [4.78, 5) is 0. The van der Waals surface area contributed by atoms with Gasteiger partial charge < -0.3 is 4.74 Å². The van der Waals surface area contributed by atoms with E-state index in [0.717, 1.165) is 5.75 Å². The molecule has 3 rings (SSSR count). The zero-order chi connectivity index (χ0) is 13.2. The van der Waals surface area contributed by atoms with E-state index in [4.69, 9.17) is 4.74 Å². The minimum Gasteiger partial charge on any atom is -0.497 e. The first-order valence-corrected chi connectivity index (χ1v) is 6.55. The Labute approximate surface area is 109 Å². The number of fused-ring (bicyclic) bond motifs is 1. The van der Waals surface area contributed by atoms with Gasteiger partial charge in [0.25, 0.3) is 0 Å². The van der Waals surface area contributed by atoms with Gasteiger partial charge in [-0.05, 0) is 30.0 Å². The van der Waals surface area contributed by atoms with Crippen molar-refractivity contribution in [3.63, 3.8) is 0 Å². The van der Waals surface area contributed by atoms with Gasteiger partial charge in [0.2, 0.25) is 0 Å². The number of rotatable bonds is 3. The lowest BCUT2D eigenvalue weighted by atomic mass is 9.73. The van der Waals surface area contributed by atoms with E-state index in [2.05, 4.69) is 50.5 Å². The lowest BCUT2D eigenvalue weighted by molar-refractivity contribution is 0.276. The third-order valence-corrected chi connectivity index (χ3v) is 4.31. The molecule has 1 aromatic rings. The number of methoxy groups -OCH3 is 1. The first-order valence-electron chi connectivity index (χ1n) is 6.55. The molecule has 0 aliphatic carbocycles. The summed E-state index contributed by atoms with van der Waals surface area (Å²) in [5.74, 6) is 1.38. The van der Waals surface area contributed by atoms with Crippen LogP contribution in [-0.4, -0.2) is 18.4 Å². The maximum absolute atomic E-state index is 5.23. The van der Waals surface area contributed by atoms with Crippen LogP contribution in [0.5, 0.6) is 5.75 Å². The Morgan fingerprint density at radius 2 is 1.61 bits per heavy atom. The van der Waals surface area contributed by atoms with Crippen molar-refractivity contribution in [3.8, 4) is 5.75 Å². The molecule has 0 radical (unpaired) electrons. The lowest BCUT2D eigenvalue weighted by Crippen LogP contribution is -2.37. The first kappa shape index (κ1) is 12.0. The minimum absolute atomic E-state index is 0.111. The molecule has 2 fully saturated rings. The van der Waals surface area contributed by atoms with Crippen LogP contribution in [0.3, 0.4) is 0 Å². The van der Waals surface area contributed by atoms with Crippen LogP contribution in [0.1, 0.15) is 39.2 Å². The summed E-state index contributed by atoms with van der Waals surface area (Å²) >= 11 is 0. The van der Waals surface area contributed by atoms with Gasteiger partial charge in [0.05, 0.1) is 7.11 Å². The molecule has 98 valence electrons. The number of hydrogen-bond acceptors (Lipinski definition) is 3. The molecule has 2 N–H and O–H groups in total. The van der Waals surface area contributed by atoms with E-state index >= 15 is 0 Å². The molecule has 0 amide bonds. The fraction of sp³-hybridized carbons (Fsp3) is 0.600. The quantitative estimate of drug-likeness (QED) is 0.805. The molecule has 0 bridgehead atoms. The van der Waals surface area contributed by atoms with Gasteiger partial charge in [-0.25, -0.2) is 0 Å². The summed E-state index contributed by atoms with van der Waals surface area (Å²) in [6, 6.07) is 8.47. The molecule has 1 aromatic carbocycles. The Hall–Kier alpha value is -1.06. The highest BCUT2D eigenvalue weighted by Crippen LogP contribution is 2.62. The largest absolute Gasteiger partial charge is 0.497 e. The predicted octanol–water partition coefficient (Wildman–Crippen LogP) is 2.44. The Bertz CT molecular complexity index is 466. The molecular formula is C15H22N2O. The van der Waals surface area contributed by atoms with Crippen LogP contribution in [0.4, 0.5) is 0 Å². The SMILES string of the molecule is COc1ccc(C(C(C)(C)C)C23NC2(C)N3)cc1. The highest BCUT2D eigenvalue weighted by Gasteiger charge is 2.84. The van der Waals surface area contributed by atoms with Gasteiger partial charge in [-0.1, -0.05) is 32.9 Å². The van der Waals surface area contributed by atoms with Gasteiger partial charge >= 0.3 is 0 Å². The van der Waals surface area contributed by atoms with Crippen LogP contribution in [0.25, 0.3) is 0 Å². The summed E-state index contributed by atoms with van der Waals surface area (Å²) < 4.78 is 5.23. The van der Waals surface area contributed by atoms with Crippen molar-refractivity contribution in [1.29, 1.82) is 0 Å². The van der Waals surface area contributed by atoms with Crippen molar-refractivity contribution in [2.75, 3.05) is 7.11 Å². The number of nitrogens with one attached hydrogen (secondary N) is 2. The smallest absolute Gasteiger partial charge is 0.118 e. The Morgan fingerprint density at radius 3 is 1.94 bits per heavy atom. The highest BCUT2D eigenvalue weighted by molar-refractivity contribution is 5.47. The summed E-state index contributed by atoms with van der Waals surface area (Å²) in [5.41, 5.74) is 1.85. The van der Waals surface area contributed by atoms with E-state index in [1.54, 1.807) is 7.11 Å². The Balaban J connectivity index is 1.94. The highest BCUT2D eigenvalue weighted by atomic mass is 16.5. The van der Waals surface area contributed by atoms with Gasteiger partial charge in [0.1, 0.15) is 17.1 Å². The molecule has 0 spiro atoms. The van der Waals surface area contributed by atoms with Crippen LogP contribution in [0.2, 0.25) is 0 Å². The number of hydrogen-bond donors (Lipinski definition) is 2. The molecule has 18 heavy (non-hydrogen) atoms. The number of benzene rings is 1. The molecule has 1 unspecified atom stereocenters. The second-order valence-electron chi connectivity index (χ2n) is 6.76. The van der Waals surface area contributed by atoms with Gasteiger partial charge in [-0.3, -0.25) is 10.6 Å². The third kappa shape index (κ3) is 1.50. The van der Waals surface area contributed by atoms with Gasteiger partial charge in [0.15, 0.2) is 0 Å². The fourth-order valence-corrected chi connectivity index (χ4v) is 3.36. The van der Waals surface area contributed by atoms with Crippen LogP contribution in [-0.2, 0) is 0 Å². The maximum atomic E-state index is 5.23. The van der Waals surface area contributed by atoms with Crippen molar-refractivity contribution < 1.29 is 4.74 Å². The van der Waals surface area contributed by atoms with E-state index in [1.807, 2.05) is 12.1 Å². The summed E-state index contributed by atoms with van der Waals surface area (Å²) in [6.07, 6.45) is 0. The Kier molecular flexibility index (Phi) is 2.19. The lowest BCUT2D eigenvalue weighted by Gasteiger charge is -2.32. The summed E-state index contributed by atoms with van der Waals surface area (Å²) in [7, 11) is 1.71. The average molecular weight is 246 g/mol. The average Bonchev–Trinajstić information content (AvgIpc) is 3.02. The van der Waals surface area contributed by atoms with Crippen LogP contribution in [0.15, 0.2) is 24.3 Å². The monoisotopic (exact) mass is 246 g/mol. The van der Waals surface area contributed by atoms with E-state index in [-0.39, 0.29) is 16.7 Å². The van der Waals surface area contributed by atoms with E-state index < -0.39 is 0 Å². The second-order valence-corrected chi connectivity index (χ2v) is 6.76. The molecule has 1 atom stereocenters. The molecule has 3 nitrogen and oxygen atoms in total. The minimum atomic E-state index is 0.111. The molecule has 2 aliphatic rings. The summed E-state index contributed by atoms with van der Waals surface area (Å²) in [5, 5.41) is 7.15. The zero-order valence-electron chi connectivity index (χ0n) is 11.8. The van der Waals surface area contributed by atoms with Crippen molar-refractivity contribution in [2.24, 2.45) is 5.41 Å². The third-order valence-electron chi connectivity index (χ3n) is 4.31. The molecule has 2 aliphatic heterocycles. The normalized spacial score (nSPS) is 34.7. The van der Waals surface area contributed by atoms with Gasteiger partial charge in [-0.2, -0.15) is 0 Å². The molecular weight excluding hydrogens is 224 g/mol. The van der Waals surface area contributed by atoms with Crippen LogP contribution < -0.4 is 15.4 Å². The summed E-state index contributed by atoms with van der Waals surface area (Å²) in [6.45, 7) is 9.14. The van der Waals surface area contributed by atoms with Gasteiger partial charge in [0, 0.05) is 5.92 Å². The number of ether oxygens (including phenoxy) is 1. The van der Waals surface area contributed by atoms with Crippen molar-refractivity contribution >= 4 is 0 Å². The predicted molar refractivity (Wildman–Crippen MR) is 72.6 cm³/mol. The maximum Gasteiger partial charge on any atom is 0.118 e. The molecule has 0 aromatic heterocycles. The topological polar surface area (TPSA) is 53.1 Å². The Morgan fingerprint density at radius 1 is 1.11 bits per heavy atom. The molecule has 2 saturated heterocycles. The van der Waals surface area contributed by atoms with Crippen LogP contribution in [0, 0.1) is 5.41 Å². The fourth-order valence-electron chi connectivity index (χ4n) is 3.36. The van der Waals surface area contributed by atoms with Crippen molar-refractivity contribution in [3.05, 3.63) is 29.8 Å². The van der Waals surface area contributed by atoms with Crippen molar-refractivity contribution in [1.82, 2.24) is 10.6 Å². The van der Waals surface area contributed by atoms with Gasteiger partial charge in [-0.15, -0.1) is 0 Å². The van der Waals surface area contributed by atoms with E-state index in [9.17, 15) is 0 Å². The van der Waals surface area contributed by atoms with Crippen molar-refractivity contribution in [2.45, 2.75) is 44.9 Å².